The van der Waals surface area contributed by atoms with Crippen molar-refractivity contribution in [2.75, 3.05) is 19.9 Å². The summed E-state index contributed by atoms with van der Waals surface area (Å²) in [5, 5.41) is 14.1. The average molecular weight is 244 g/mol. The van der Waals surface area contributed by atoms with Crippen molar-refractivity contribution in [3.8, 4) is 0 Å². The third-order valence-corrected chi connectivity index (χ3v) is 1.96. The minimum absolute atomic E-state index is 0.00701. The van der Waals surface area contributed by atoms with E-state index in [9.17, 15) is 9.59 Å². The number of hydrogen-bond donors (Lipinski definition) is 3. The van der Waals surface area contributed by atoms with Gasteiger partial charge in [-0.05, 0) is 27.0 Å². The summed E-state index contributed by atoms with van der Waals surface area (Å²) >= 11 is 0. The maximum Gasteiger partial charge on any atom is 0.311 e. The maximum atomic E-state index is 11.2. The van der Waals surface area contributed by atoms with Gasteiger partial charge < -0.3 is 20.5 Å². The molecule has 0 saturated heterocycles. The van der Waals surface area contributed by atoms with E-state index in [1.807, 2.05) is 6.92 Å². The van der Waals surface area contributed by atoms with Crippen LogP contribution in [0.15, 0.2) is 12.3 Å². The van der Waals surface area contributed by atoms with Crippen molar-refractivity contribution in [1.82, 2.24) is 10.6 Å². The Kier molecular flexibility index (Phi) is 6.97. The largest absolute Gasteiger partial charge is 0.481 e. The van der Waals surface area contributed by atoms with E-state index in [-0.39, 0.29) is 25.8 Å². The van der Waals surface area contributed by atoms with Gasteiger partial charge >= 0.3 is 5.97 Å². The maximum absolute atomic E-state index is 11.2. The molecule has 0 aromatic rings. The van der Waals surface area contributed by atoms with Gasteiger partial charge in [0.05, 0.1) is 18.6 Å². The topological polar surface area (TPSA) is 87.7 Å². The first-order valence-corrected chi connectivity index (χ1v) is 5.32. The predicted octanol–water partition coefficient (Wildman–Crippen LogP) is 0.311. The van der Waals surface area contributed by atoms with Gasteiger partial charge in [-0.3, -0.25) is 9.59 Å². The number of nitrogens with one attached hydrogen (secondary N) is 2. The van der Waals surface area contributed by atoms with Crippen molar-refractivity contribution in [3.63, 3.8) is 0 Å². The van der Waals surface area contributed by atoms with Gasteiger partial charge in [0, 0.05) is 0 Å². The molecule has 0 atom stereocenters. The highest BCUT2D eigenvalue weighted by Crippen LogP contribution is 2.14. The number of carboxylic acid groups (broad SMARTS) is 1. The minimum Gasteiger partial charge on any atom is -0.481 e. The van der Waals surface area contributed by atoms with Crippen LogP contribution in [0.2, 0.25) is 0 Å². The van der Waals surface area contributed by atoms with Crippen LogP contribution in [-0.4, -0.2) is 36.9 Å². The van der Waals surface area contributed by atoms with E-state index >= 15 is 0 Å². The van der Waals surface area contributed by atoms with E-state index in [1.165, 1.54) is 0 Å². The van der Waals surface area contributed by atoms with Crippen LogP contribution in [0, 0.1) is 5.41 Å². The first-order chi connectivity index (χ1) is 7.90. The molecule has 0 saturated carbocycles. The lowest BCUT2D eigenvalue weighted by Gasteiger charge is -2.18. The quantitative estimate of drug-likeness (QED) is 0.422. The molecule has 1 amide bonds. The molecule has 6 nitrogen and oxygen atoms in total. The van der Waals surface area contributed by atoms with Gasteiger partial charge in [-0.25, -0.2) is 0 Å². The lowest BCUT2D eigenvalue weighted by Crippen LogP contribution is -2.36. The highest BCUT2D eigenvalue weighted by Gasteiger charge is 2.27. The smallest absolute Gasteiger partial charge is 0.311 e. The molecule has 0 aromatic carbocycles. The van der Waals surface area contributed by atoms with Crippen LogP contribution >= 0.6 is 0 Å². The number of ether oxygens (including phenoxy) is 1. The van der Waals surface area contributed by atoms with Crippen LogP contribution in [-0.2, 0) is 14.3 Å². The number of carbonyl (C=O) groups excluding carboxylic acids is 1. The lowest BCUT2D eigenvalue weighted by atomic mass is 9.95. The molecule has 0 rings (SSSR count). The summed E-state index contributed by atoms with van der Waals surface area (Å²) in [5.74, 6) is -1.14. The van der Waals surface area contributed by atoms with Crippen LogP contribution < -0.4 is 10.6 Å². The molecule has 0 aromatic heterocycles. The number of aliphatic carboxylic acids is 1. The van der Waals surface area contributed by atoms with Gasteiger partial charge in [0.25, 0.3) is 0 Å². The van der Waals surface area contributed by atoms with E-state index in [0.717, 1.165) is 0 Å². The van der Waals surface area contributed by atoms with Crippen LogP contribution in [0.3, 0.4) is 0 Å². The van der Waals surface area contributed by atoms with E-state index in [4.69, 9.17) is 9.84 Å². The van der Waals surface area contributed by atoms with E-state index in [0.29, 0.717) is 0 Å². The zero-order valence-corrected chi connectivity index (χ0v) is 10.4. The normalized spacial score (nSPS) is 11.5. The Morgan fingerprint density at radius 2 is 2.06 bits per heavy atom. The van der Waals surface area contributed by atoms with Gasteiger partial charge in [0.2, 0.25) is 5.91 Å². The highest BCUT2D eigenvalue weighted by atomic mass is 16.5. The Bertz CT molecular complexity index is 287. The minimum atomic E-state index is -0.950. The molecule has 3 N–H and O–H groups in total. The molecule has 6 heteroatoms. The summed E-state index contributed by atoms with van der Waals surface area (Å²) < 4.78 is 5.08. The number of carboxylic acids is 1. The molecule has 0 heterocycles. The molecule has 0 aliphatic rings. The summed E-state index contributed by atoms with van der Waals surface area (Å²) in [6.45, 7) is 5.17. The van der Waals surface area contributed by atoms with Crippen molar-refractivity contribution in [2.45, 2.75) is 20.8 Å². The SMILES string of the molecule is C/C=C\NCC(=O)NCOCC(C)(C)C(=O)O. The predicted molar refractivity (Wildman–Crippen MR) is 63.2 cm³/mol. The van der Waals surface area contributed by atoms with Gasteiger partial charge in [0.1, 0.15) is 6.73 Å². The highest BCUT2D eigenvalue weighted by molar-refractivity contribution is 5.78. The second kappa shape index (κ2) is 7.67. The number of allylic oxidation sites excluding steroid dienone is 1. The third kappa shape index (κ3) is 7.35. The first kappa shape index (κ1) is 15.4. The first-order valence-electron chi connectivity index (χ1n) is 5.32. The number of carbonyl (C=O) groups is 2. The van der Waals surface area contributed by atoms with Crippen LogP contribution in [0.25, 0.3) is 0 Å². The molecule has 0 aliphatic carbocycles. The molecule has 0 spiro atoms. The zero-order valence-electron chi connectivity index (χ0n) is 10.4. The van der Waals surface area contributed by atoms with Crippen molar-refractivity contribution in [3.05, 3.63) is 12.3 Å². The number of rotatable bonds is 8. The zero-order chi connectivity index (χ0) is 13.3. The van der Waals surface area contributed by atoms with Gasteiger partial charge in [-0.15, -0.1) is 0 Å². The van der Waals surface area contributed by atoms with Crippen molar-refractivity contribution < 1.29 is 19.4 Å². The molecule has 98 valence electrons. The average Bonchev–Trinajstić information content (AvgIpc) is 2.24. The fraction of sp³-hybridized carbons (Fsp3) is 0.636. The summed E-state index contributed by atoms with van der Waals surface area (Å²) in [6, 6.07) is 0. The van der Waals surface area contributed by atoms with Crippen molar-refractivity contribution >= 4 is 11.9 Å². The second-order valence-corrected chi connectivity index (χ2v) is 4.16. The molecular formula is C11H20N2O4. The monoisotopic (exact) mass is 244 g/mol. The Balaban J connectivity index is 3.64. The molecule has 0 radical (unpaired) electrons. The molecule has 17 heavy (non-hydrogen) atoms. The fourth-order valence-corrected chi connectivity index (χ4v) is 0.831. The summed E-state index contributed by atoms with van der Waals surface area (Å²) in [5.41, 5.74) is -0.950. The number of hydrogen-bond acceptors (Lipinski definition) is 4. The lowest BCUT2D eigenvalue weighted by molar-refractivity contribution is -0.150. The summed E-state index contributed by atoms with van der Waals surface area (Å²) in [7, 11) is 0. The summed E-state index contributed by atoms with van der Waals surface area (Å²) in [4.78, 5) is 21.9. The molecular weight excluding hydrogens is 224 g/mol. The van der Waals surface area contributed by atoms with Gasteiger partial charge in [-0.2, -0.15) is 0 Å². The summed E-state index contributed by atoms with van der Waals surface area (Å²) in [6.07, 6.45) is 3.44. The van der Waals surface area contributed by atoms with Crippen molar-refractivity contribution in [1.29, 1.82) is 0 Å². The van der Waals surface area contributed by atoms with Crippen LogP contribution in [0.1, 0.15) is 20.8 Å². The Hall–Kier alpha value is -1.56. The van der Waals surface area contributed by atoms with E-state index < -0.39 is 11.4 Å². The number of amides is 1. The van der Waals surface area contributed by atoms with Crippen LogP contribution in [0.5, 0.6) is 0 Å². The molecule has 0 unspecified atom stereocenters. The standard InChI is InChI=1S/C11H20N2O4/c1-4-5-12-6-9(14)13-8-17-7-11(2,3)10(15)16/h4-5,12H,6-8H2,1-3H3,(H,13,14)(H,15,16)/b5-4-. The van der Waals surface area contributed by atoms with Gasteiger partial charge in [0.15, 0.2) is 0 Å². The van der Waals surface area contributed by atoms with Crippen molar-refractivity contribution in [2.24, 2.45) is 5.41 Å². The Labute approximate surface area is 101 Å². The molecule has 0 bridgehead atoms. The second-order valence-electron chi connectivity index (χ2n) is 4.16. The van der Waals surface area contributed by atoms with E-state index in [1.54, 1.807) is 26.1 Å². The van der Waals surface area contributed by atoms with Gasteiger partial charge in [-0.1, -0.05) is 6.08 Å². The molecule has 0 fully saturated rings. The Morgan fingerprint density at radius 3 is 2.59 bits per heavy atom. The Morgan fingerprint density at radius 1 is 1.41 bits per heavy atom. The molecule has 0 aliphatic heterocycles. The van der Waals surface area contributed by atoms with Crippen LogP contribution in [0.4, 0.5) is 0 Å². The fourth-order valence-electron chi connectivity index (χ4n) is 0.831. The van der Waals surface area contributed by atoms with E-state index in [2.05, 4.69) is 10.6 Å². The third-order valence-electron chi connectivity index (χ3n) is 1.96.